The monoisotopic (exact) mass is 603 g/mol. The molecule has 0 aliphatic heterocycles. The highest BCUT2D eigenvalue weighted by Gasteiger charge is 2.41. The Balaban J connectivity index is 2.14. The van der Waals surface area contributed by atoms with Crippen LogP contribution in [0.4, 0.5) is 37.8 Å². The van der Waals surface area contributed by atoms with E-state index in [0.29, 0.717) is 23.3 Å². The maximum absolute atomic E-state index is 13.8. The molecule has 3 rings (SSSR count). The van der Waals surface area contributed by atoms with E-state index in [-0.39, 0.29) is 22.6 Å². The molecule has 0 radical (unpaired) electrons. The molecule has 1 heterocycles. The quantitative estimate of drug-likeness (QED) is 0.255. The van der Waals surface area contributed by atoms with Crippen molar-refractivity contribution in [2.75, 3.05) is 23.9 Å². The van der Waals surface area contributed by atoms with Gasteiger partial charge >= 0.3 is 12.4 Å². The number of alkyl halides is 6. The molecule has 0 spiro atoms. The lowest BCUT2D eigenvalue weighted by molar-refractivity contribution is -0.143. The number of aliphatic hydroxyl groups is 2. The summed E-state index contributed by atoms with van der Waals surface area (Å²) in [6.07, 6.45) is -9.84. The van der Waals surface area contributed by atoms with E-state index in [1.807, 2.05) is 0 Å². The number of pyridine rings is 1. The zero-order chi connectivity index (χ0) is 30.9. The summed E-state index contributed by atoms with van der Waals surface area (Å²) in [5.74, 6) is -0.616. The van der Waals surface area contributed by atoms with Gasteiger partial charge in [0.05, 0.1) is 47.2 Å². The van der Waals surface area contributed by atoms with Crippen molar-refractivity contribution in [1.29, 1.82) is 0 Å². The number of anilines is 2. The summed E-state index contributed by atoms with van der Waals surface area (Å²) in [5.41, 5.74) is -4.44. The van der Waals surface area contributed by atoms with Crippen molar-refractivity contribution in [2.24, 2.45) is 0 Å². The van der Waals surface area contributed by atoms with E-state index in [4.69, 9.17) is 11.6 Å². The van der Waals surface area contributed by atoms with Crippen molar-refractivity contribution in [3.8, 4) is 11.1 Å². The van der Waals surface area contributed by atoms with Crippen LogP contribution in [0.5, 0.6) is 0 Å². The minimum Gasteiger partial charge on any atom is -0.394 e. The fourth-order valence-corrected chi connectivity index (χ4v) is 4.40. The largest absolute Gasteiger partial charge is 0.416 e. The third kappa shape index (κ3) is 7.11. The standard InChI is InChI=1S/C28H28ClF6N3O3/c1-15(40)22(14-39)37-24-12-20(19-7-5-6-8-21(19)29)23(13-36-24)38(4)25(41)26(2,3)16-9-17(27(30,31)32)11-18(10-16)28(33,34)35/h5-13,15,22,39-40H,14H2,1-4H3,(H,36,37)/t15-,22-/m1/s1. The Morgan fingerprint density at radius 1 is 0.976 bits per heavy atom. The zero-order valence-corrected chi connectivity index (χ0v) is 23.2. The van der Waals surface area contributed by atoms with Gasteiger partial charge in [-0.05, 0) is 56.7 Å². The fraction of sp³-hybridized carbons (Fsp3) is 0.357. The summed E-state index contributed by atoms with van der Waals surface area (Å²) in [6, 6.07) is 8.38. The summed E-state index contributed by atoms with van der Waals surface area (Å²) in [4.78, 5) is 19.1. The number of benzene rings is 2. The molecule has 0 bridgehead atoms. The SMILES string of the molecule is C[C@@H](O)[C@@H](CO)Nc1cc(-c2ccccc2Cl)c(N(C)C(=O)C(C)(C)c2cc(C(F)(F)F)cc(C(F)(F)F)c2)cn1. The lowest BCUT2D eigenvalue weighted by Gasteiger charge is -2.32. The van der Waals surface area contributed by atoms with Crippen LogP contribution in [0.15, 0.2) is 54.7 Å². The lowest BCUT2D eigenvalue weighted by Crippen LogP contribution is -2.42. The Bertz CT molecular complexity index is 1380. The van der Waals surface area contributed by atoms with Crippen LogP contribution >= 0.6 is 11.6 Å². The van der Waals surface area contributed by atoms with E-state index in [1.54, 1.807) is 24.3 Å². The number of nitrogens with zero attached hydrogens (tertiary/aromatic N) is 2. The van der Waals surface area contributed by atoms with Gasteiger partial charge in [0.2, 0.25) is 5.91 Å². The number of aromatic nitrogens is 1. The van der Waals surface area contributed by atoms with Gasteiger partial charge in [0, 0.05) is 23.2 Å². The number of carbonyl (C=O) groups excluding carboxylic acids is 1. The van der Waals surface area contributed by atoms with Crippen molar-refractivity contribution < 1.29 is 41.4 Å². The highest BCUT2D eigenvalue weighted by Crippen LogP contribution is 2.41. The van der Waals surface area contributed by atoms with Gasteiger partial charge in [-0.2, -0.15) is 26.3 Å². The van der Waals surface area contributed by atoms with E-state index in [1.165, 1.54) is 40.1 Å². The fourth-order valence-electron chi connectivity index (χ4n) is 4.17. The van der Waals surface area contributed by atoms with Crippen LogP contribution in [-0.2, 0) is 22.6 Å². The molecule has 0 aliphatic rings. The van der Waals surface area contributed by atoms with Gasteiger partial charge < -0.3 is 20.4 Å². The first-order chi connectivity index (χ1) is 18.9. The van der Waals surface area contributed by atoms with Crippen molar-refractivity contribution in [3.05, 3.63) is 76.4 Å². The summed E-state index contributed by atoms with van der Waals surface area (Å²) in [6.45, 7) is 3.50. The first-order valence-corrected chi connectivity index (χ1v) is 12.6. The Labute approximate surface area is 237 Å². The van der Waals surface area contributed by atoms with Crippen molar-refractivity contribution in [3.63, 3.8) is 0 Å². The number of rotatable bonds is 8. The molecule has 13 heteroatoms. The van der Waals surface area contributed by atoms with Crippen LogP contribution in [0.3, 0.4) is 0 Å². The van der Waals surface area contributed by atoms with E-state index < -0.39 is 59.1 Å². The molecule has 0 saturated carbocycles. The molecule has 6 nitrogen and oxygen atoms in total. The number of nitrogens with one attached hydrogen (secondary N) is 1. The minimum absolute atomic E-state index is 0.00576. The predicted molar refractivity (Wildman–Crippen MR) is 144 cm³/mol. The summed E-state index contributed by atoms with van der Waals surface area (Å²) < 4.78 is 81.1. The second kappa shape index (κ2) is 11.9. The average Bonchev–Trinajstić information content (AvgIpc) is 2.89. The molecular formula is C28H28ClF6N3O3. The highest BCUT2D eigenvalue weighted by molar-refractivity contribution is 6.33. The molecule has 2 atom stereocenters. The number of amides is 1. The molecule has 0 saturated heterocycles. The van der Waals surface area contributed by atoms with E-state index in [9.17, 15) is 41.4 Å². The molecule has 222 valence electrons. The number of carbonyl (C=O) groups is 1. The molecular weight excluding hydrogens is 576 g/mol. The number of halogens is 7. The maximum Gasteiger partial charge on any atom is 0.416 e. The van der Waals surface area contributed by atoms with Crippen LogP contribution in [0.1, 0.15) is 37.5 Å². The van der Waals surface area contributed by atoms with Crippen LogP contribution in [0.25, 0.3) is 11.1 Å². The number of hydrogen-bond donors (Lipinski definition) is 3. The normalized spacial score (nSPS) is 14.0. The molecule has 1 amide bonds. The highest BCUT2D eigenvalue weighted by atomic mass is 35.5. The van der Waals surface area contributed by atoms with Crippen LogP contribution in [0, 0.1) is 0 Å². The Kier molecular flexibility index (Phi) is 9.31. The van der Waals surface area contributed by atoms with E-state index >= 15 is 0 Å². The molecule has 3 N–H and O–H groups in total. The second-order valence-corrected chi connectivity index (χ2v) is 10.4. The molecule has 0 fully saturated rings. The smallest absolute Gasteiger partial charge is 0.394 e. The van der Waals surface area contributed by atoms with E-state index in [0.717, 1.165) is 4.90 Å². The van der Waals surface area contributed by atoms with Gasteiger partial charge in [0.25, 0.3) is 0 Å². The maximum atomic E-state index is 13.8. The zero-order valence-electron chi connectivity index (χ0n) is 22.4. The van der Waals surface area contributed by atoms with Crippen molar-refractivity contribution >= 4 is 29.0 Å². The topological polar surface area (TPSA) is 85.7 Å². The number of likely N-dealkylation sites (N-methyl/N-ethyl adjacent to an activating group) is 1. The van der Waals surface area contributed by atoms with Gasteiger partial charge in [-0.25, -0.2) is 4.98 Å². The van der Waals surface area contributed by atoms with Crippen molar-refractivity contribution in [2.45, 2.75) is 50.7 Å². The third-order valence-corrected chi connectivity index (χ3v) is 7.00. The van der Waals surface area contributed by atoms with Crippen LogP contribution in [0.2, 0.25) is 5.02 Å². The summed E-state index contributed by atoms with van der Waals surface area (Å²) in [5, 5.41) is 22.6. The van der Waals surface area contributed by atoms with Gasteiger partial charge in [0.1, 0.15) is 5.82 Å². The summed E-state index contributed by atoms with van der Waals surface area (Å²) in [7, 11) is 1.32. The van der Waals surface area contributed by atoms with Gasteiger partial charge in [-0.15, -0.1) is 0 Å². The molecule has 3 aromatic rings. The minimum atomic E-state index is -5.08. The first-order valence-electron chi connectivity index (χ1n) is 12.3. The van der Waals surface area contributed by atoms with E-state index in [2.05, 4.69) is 10.3 Å². The molecule has 2 aromatic carbocycles. The Hall–Kier alpha value is -3.35. The Morgan fingerprint density at radius 2 is 1.51 bits per heavy atom. The molecule has 0 unspecified atom stereocenters. The second-order valence-electron chi connectivity index (χ2n) is 10.0. The molecule has 41 heavy (non-hydrogen) atoms. The third-order valence-electron chi connectivity index (χ3n) is 6.67. The predicted octanol–water partition coefficient (Wildman–Crippen LogP) is 6.53. The Morgan fingerprint density at radius 3 is 2.00 bits per heavy atom. The molecule has 1 aromatic heterocycles. The number of hydrogen-bond acceptors (Lipinski definition) is 5. The molecule has 0 aliphatic carbocycles. The lowest BCUT2D eigenvalue weighted by atomic mass is 9.81. The van der Waals surface area contributed by atoms with Crippen LogP contribution < -0.4 is 10.2 Å². The van der Waals surface area contributed by atoms with Gasteiger partial charge in [-0.3, -0.25) is 4.79 Å². The average molecular weight is 604 g/mol. The first kappa shape index (κ1) is 32.2. The number of aliphatic hydroxyl groups excluding tert-OH is 2. The summed E-state index contributed by atoms with van der Waals surface area (Å²) >= 11 is 6.42. The van der Waals surface area contributed by atoms with Crippen LogP contribution in [-0.4, -0.2) is 46.9 Å². The van der Waals surface area contributed by atoms with Gasteiger partial charge in [-0.1, -0.05) is 29.8 Å². The van der Waals surface area contributed by atoms with Gasteiger partial charge in [0.15, 0.2) is 0 Å². The van der Waals surface area contributed by atoms with Crippen molar-refractivity contribution in [1.82, 2.24) is 4.98 Å².